The van der Waals surface area contributed by atoms with Gasteiger partial charge in [-0.3, -0.25) is 9.59 Å². The Balaban J connectivity index is 1.36. The molecule has 0 unspecified atom stereocenters. The van der Waals surface area contributed by atoms with Crippen LogP contribution in [0.2, 0.25) is 0 Å². The summed E-state index contributed by atoms with van der Waals surface area (Å²) in [5.41, 5.74) is 2.29. The Morgan fingerprint density at radius 1 is 1.03 bits per heavy atom. The third kappa shape index (κ3) is 5.85. The number of nitrogens with zero attached hydrogens (tertiary/aromatic N) is 2. The maximum absolute atomic E-state index is 13.2. The first-order chi connectivity index (χ1) is 16.8. The van der Waals surface area contributed by atoms with E-state index < -0.39 is 15.9 Å². The van der Waals surface area contributed by atoms with Crippen molar-refractivity contribution in [3.63, 3.8) is 0 Å². The van der Waals surface area contributed by atoms with E-state index in [1.807, 2.05) is 17.0 Å². The summed E-state index contributed by atoms with van der Waals surface area (Å²) in [6.45, 7) is 3.99. The fraction of sp³-hybridized carbons (Fsp3) is 0.462. The molecule has 1 atom stereocenters. The number of rotatable bonds is 7. The molecule has 35 heavy (non-hydrogen) atoms. The first-order valence-electron chi connectivity index (χ1n) is 12.1. The molecule has 0 saturated carbocycles. The molecule has 0 bridgehead atoms. The number of methoxy groups -OCH3 is 1. The van der Waals surface area contributed by atoms with Gasteiger partial charge in [-0.1, -0.05) is 12.1 Å². The van der Waals surface area contributed by atoms with Crippen LogP contribution in [0.15, 0.2) is 47.4 Å². The Labute approximate surface area is 207 Å². The SMILES string of the molecule is COc1ccc(S(=O)(=O)N2CCC[C@@H](C(=O)Nc3ccc(CC(=O)N4CCCC4)cc3)C2)cc1C. The van der Waals surface area contributed by atoms with Crippen molar-refractivity contribution in [3.8, 4) is 5.75 Å². The number of carbonyl (C=O) groups excluding carboxylic acids is 2. The fourth-order valence-corrected chi connectivity index (χ4v) is 6.35. The van der Waals surface area contributed by atoms with E-state index >= 15 is 0 Å². The predicted octanol–water partition coefficient (Wildman–Crippen LogP) is 3.21. The minimum Gasteiger partial charge on any atom is -0.496 e. The van der Waals surface area contributed by atoms with Crippen LogP contribution in [-0.2, 0) is 26.0 Å². The highest BCUT2D eigenvalue weighted by Crippen LogP contribution is 2.28. The van der Waals surface area contributed by atoms with Gasteiger partial charge in [-0.25, -0.2) is 8.42 Å². The van der Waals surface area contributed by atoms with Crippen molar-refractivity contribution in [2.45, 2.75) is 43.9 Å². The Morgan fingerprint density at radius 2 is 1.74 bits per heavy atom. The number of amides is 2. The van der Waals surface area contributed by atoms with Gasteiger partial charge in [-0.05, 0) is 74.1 Å². The third-order valence-electron chi connectivity index (χ3n) is 6.79. The van der Waals surface area contributed by atoms with Crippen molar-refractivity contribution in [3.05, 3.63) is 53.6 Å². The summed E-state index contributed by atoms with van der Waals surface area (Å²) in [6, 6.07) is 12.1. The number of benzene rings is 2. The quantitative estimate of drug-likeness (QED) is 0.631. The Bertz CT molecular complexity index is 1170. The smallest absolute Gasteiger partial charge is 0.243 e. The fourth-order valence-electron chi connectivity index (χ4n) is 4.74. The van der Waals surface area contributed by atoms with Crippen molar-refractivity contribution in [2.24, 2.45) is 5.92 Å². The largest absolute Gasteiger partial charge is 0.496 e. The number of nitrogens with one attached hydrogen (secondary N) is 1. The summed E-state index contributed by atoms with van der Waals surface area (Å²) in [7, 11) is -2.16. The third-order valence-corrected chi connectivity index (χ3v) is 8.66. The lowest BCUT2D eigenvalue weighted by molar-refractivity contribution is -0.129. The van der Waals surface area contributed by atoms with Gasteiger partial charge in [0.05, 0.1) is 24.3 Å². The van der Waals surface area contributed by atoms with Gasteiger partial charge in [-0.2, -0.15) is 4.31 Å². The standard InChI is InChI=1S/C26H33N3O5S/c1-19-16-23(11-12-24(19)34-2)35(32,33)29-15-5-6-21(18-29)26(31)27-22-9-7-20(8-10-22)17-25(30)28-13-3-4-14-28/h7-12,16,21H,3-6,13-15,17-18H2,1-2H3,(H,27,31)/t21-/m1/s1. The number of hydrogen-bond acceptors (Lipinski definition) is 5. The van der Waals surface area contributed by atoms with Crippen LogP contribution < -0.4 is 10.1 Å². The summed E-state index contributed by atoms with van der Waals surface area (Å²) >= 11 is 0. The Hall–Kier alpha value is -2.91. The zero-order valence-electron chi connectivity index (χ0n) is 20.3. The highest BCUT2D eigenvalue weighted by molar-refractivity contribution is 7.89. The molecule has 2 amide bonds. The van der Waals surface area contributed by atoms with Crippen LogP contribution in [0.4, 0.5) is 5.69 Å². The van der Waals surface area contributed by atoms with Crippen LogP contribution in [0, 0.1) is 12.8 Å². The van der Waals surface area contributed by atoms with Crippen LogP contribution in [0.1, 0.15) is 36.8 Å². The van der Waals surface area contributed by atoms with E-state index in [-0.39, 0.29) is 23.3 Å². The average molecular weight is 500 g/mol. The van der Waals surface area contributed by atoms with E-state index in [1.54, 1.807) is 44.4 Å². The van der Waals surface area contributed by atoms with Gasteiger partial charge in [0.1, 0.15) is 5.75 Å². The van der Waals surface area contributed by atoms with E-state index in [2.05, 4.69) is 5.32 Å². The minimum atomic E-state index is -3.71. The molecule has 2 aromatic rings. The van der Waals surface area contributed by atoms with Crippen LogP contribution in [0.5, 0.6) is 5.75 Å². The average Bonchev–Trinajstić information content (AvgIpc) is 3.40. The summed E-state index contributed by atoms with van der Waals surface area (Å²) in [6.07, 6.45) is 3.73. The number of piperidine rings is 1. The molecule has 2 saturated heterocycles. The summed E-state index contributed by atoms with van der Waals surface area (Å²) < 4.78 is 33.0. The van der Waals surface area contributed by atoms with Crippen molar-refractivity contribution in [1.29, 1.82) is 0 Å². The lowest BCUT2D eigenvalue weighted by Crippen LogP contribution is -2.43. The van der Waals surface area contributed by atoms with Gasteiger partial charge in [-0.15, -0.1) is 0 Å². The molecule has 2 aliphatic rings. The highest BCUT2D eigenvalue weighted by atomic mass is 32.2. The maximum Gasteiger partial charge on any atom is 0.243 e. The van der Waals surface area contributed by atoms with Gasteiger partial charge in [0.2, 0.25) is 21.8 Å². The predicted molar refractivity (Wildman–Crippen MR) is 134 cm³/mol. The van der Waals surface area contributed by atoms with Gasteiger partial charge in [0.25, 0.3) is 0 Å². The molecule has 4 rings (SSSR count). The number of ether oxygens (including phenoxy) is 1. The van der Waals surface area contributed by atoms with Gasteiger partial charge >= 0.3 is 0 Å². The molecule has 2 heterocycles. The lowest BCUT2D eigenvalue weighted by Gasteiger charge is -2.31. The summed E-state index contributed by atoms with van der Waals surface area (Å²) in [5, 5.41) is 2.91. The molecule has 2 fully saturated rings. The van der Waals surface area contributed by atoms with E-state index in [0.717, 1.165) is 37.1 Å². The van der Waals surface area contributed by atoms with Crippen LogP contribution in [-0.4, -0.2) is 62.7 Å². The van der Waals surface area contributed by atoms with Gasteiger partial charge in [0, 0.05) is 31.9 Å². The normalized spacial score (nSPS) is 18.9. The molecule has 9 heteroatoms. The monoisotopic (exact) mass is 499 g/mol. The van der Waals surface area contributed by atoms with Crippen LogP contribution in [0.25, 0.3) is 0 Å². The molecule has 8 nitrogen and oxygen atoms in total. The molecule has 1 N–H and O–H groups in total. The second-order valence-electron chi connectivity index (χ2n) is 9.28. The number of anilines is 1. The second kappa shape index (κ2) is 10.8. The molecule has 188 valence electrons. The van der Waals surface area contributed by atoms with E-state index in [0.29, 0.717) is 37.2 Å². The minimum absolute atomic E-state index is 0.134. The van der Waals surface area contributed by atoms with Crippen LogP contribution >= 0.6 is 0 Å². The Morgan fingerprint density at radius 3 is 2.40 bits per heavy atom. The van der Waals surface area contributed by atoms with Crippen molar-refractivity contribution in [1.82, 2.24) is 9.21 Å². The molecular formula is C26H33N3O5S. The Kier molecular flexibility index (Phi) is 7.76. The summed E-state index contributed by atoms with van der Waals surface area (Å²) in [4.78, 5) is 27.4. The zero-order chi connectivity index (χ0) is 25.0. The van der Waals surface area contributed by atoms with Crippen molar-refractivity contribution in [2.75, 3.05) is 38.6 Å². The van der Waals surface area contributed by atoms with Crippen molar-refractivity contribution >= 4 is 27.5 Å². The molecule has 0 aliphatic carbocycles. The van der Waals surface area contributed by atoms with Gasteiger partial charge in [0.15, 0.2) is 0 Å². The molecule has 0 radical (unpaired) electrons. The molecule has 0 spiro atoms. The maximum atomic E-state index is 13.2. The highest BCUT2D eigenvalue weighted by Gasteiger charge is 2.33. The zero-order valence-corrected chi connectivity index (χ0v) is 21.1. The number of aryl methyl sites for hydroxylation is 1. The second-order valence-corrected chi connectivity index (χ2v) is 11.2. The number of likely N-dealkylation sites (tertiary alicyclic amines) is 1. The van der Waals surface area contributed by atoms with E-state index in [1.165, 1.54) is 4.31 Å². The first kappa shape index (κ1) is 25.2. The molecule has 0 aromatic heterocycles. The molecular weight excluding hydrogens is 466 g/mol. The summed E-state index contributed by atoms with van der Waals surface area (Å²) in [5.74, 6) is 0.132. The lowest BCUT2D eigenvalue weighted by atomic mass is 9.98. The van der Waals surface area contributed by atoms with Crippen molar-refractivity contribution < 1.29 is 22.7 Å². The van der Waals surface area contributed by atoms with E-state index in [4.69, 9.17) is 4.74 Å². The molecule has 2 aliphatic heterocycles. The first-order valence-corrected chi connectivity index (χ1v) is 13.5. The van der Waals surface area contributed by atoms with Crippen LogP contribution in [0.3, 0.4) is 0 Å². The number of sulfonamides is 1. The number of hydrogen-bond donors (Lipinski definition) is 1. The number of carbonyl (C=O) groups is 2. The topological polar surface area (TPSA) is 96.0 Å². The molecule has 2 aromatic carbocycles. The van der Waals surface area contributed by atoms with Gasteiger partial charge < -0.3 is 15.0 Å². The van der Waals surface area contributed by atoms with E-state index in [9.17, 15) is 18.0 Å².